The third-order valence-corrected chi connectivity index (χ3v) is 3.21. The van der Waals surface area contributed by atoms with Crippen LogP contribution in [0.3, 0.4) is 0 Å². The largest absolute Gasteiger partial charge is 0.0528 e. The smallest absolute Gasteiger partial charge is 0.0355 e. The molecule has 3 aliphatic rings. The molecule has 0 N–H and O–H groups in total. The molecular formula is C10H17. The lowest BCUT2D eigenvalue weighted by Crippen LogP contribution is -2.17. The summed E-state index contributed by atoms with van der Waals surface area (Å²) in [5.74, 6) is 2.13. The highest BCUT2D eigenvalue weighted by molar-refractivity contribution is 4.85. The molecule has 2 bridgehead atoms. The maximum absolute atomic E-state index is 2.58. The van der Waals surface area contributed by atoms with Gasteiger partial charge in [0.05, 0.1) is 0 Å². The summed E-state index contributed by atoms with van der Waals surface area (Å²) in [6.45, 7) is 0. The Morgan fingerprint density at radius 1 is 0.900 bits per heavy atom. The van der Waals surface area contributed by atoms with Gasteiger partial charge in [0.25, 0.3) is 0 Å². The topological polar surface area (TPSA) is 0 Å². The van der Waals surface area contributed by atoms with Crippen LogP contribution in [0, 0.1) is 18.3 Å². The van der Waals surface area contributed by atoms with Gasteiger partial charge in [0.1, 0.15) is 0 Å². The van der Waals surface area contributed by atoms with Crippen molar-refractivity contribution in [1.29, 1.82) is 0 Å². The summed E-state index contributed by atoms with van der Waals surface area (Å²) in [5, 5.41) is 0. The van der Waals surface area contributed by atoms with Gasteiger partial charge in [-0.05, 0) is 37.5 Å². The molecule has 3 saturated carbocycles. The zero-order valence-electron chi connectivity index (χ0n) is 6.68. The highest BCUT2D eigenvalue weighted by atomic mass is 14.3. The van der Waals surface area contributed by atoms with Crippen LogP contribution in [-0.2, 0) is 0 Å². The fourth-order valence-electron chi connectivity index (χ4n) is 2.47. The van der Waals surface area contributed by atoms with Gasteiger partial charge in [-0.2, -0.15) is 0 Å². The molecule has 0 amide bonds. The lowest BCUT2D eigenvalue weighted by molar-refractivity contribution is 0.256. The Morgan fingerprint density at radius 3 is 2.50 bits per heavy atom. The van der Waals surface area contributed by atoms with Crippen molar-refractivity contribution in [2.45, 2.75) is 44.9 Å². The van der Waals surface area contributed by atoms with Crippen LogP contribution in [-0.4, -0.2) is 0 Å². The number of hydrogen-bond acceptors (Lipinski definition) is 0. The molecule has 0 spiro atoms. The molecule has 0 aromatic carbocycles. The zero-order valence-corrected chi connectivity index (χ0v) is 6.68. The van der Waals surface area contributed by atoms with Crippen LogP contribution >= 0.6 is 0 Å². The summed E-state index contributed by atoms with van der Waals surface area (Å²) in [6, 6.07) is 0. The van der Waals surface area contributed by atoms with Gasteiger partial charge in [-0.25, -0.2) is 0 Å². The van der Waals surface area contributed by atoms with Crippen LogP contribution in [0.5, 0.6) is 0 Å². The van der Waals surface area contributed by atoms with Crippen molar-refractivity contribution in [1.82, 2.24) is 0 Å². The highest BCUT2D eigenvalue weighted by Crippen LogP contribution is 2.36. The quantitative estimate of drug-likeness (QED) is 0.481. The first-order chi connectivity index (χ1) is 4.95. The molecule has 1 radical (unpaired) electrons. The number of rotatable bonds is 0. The van der Waals surface area contributed by atoms with Crippen molar-refractivity contribution < 1.29 is 0 Å². The Morgan fingerprint density at radius 2 is 1.70 bits per heavy atom. The third-order valence-electron chi connectivity index (χ3n) is 3.21. The minimum Gasteiger partial charge on any atom is -0.0528 e. The van der Waals surface area contributed by atoms with Crippen LogP contribution in [0.1, 0.15) is 44.9 Å². The first-order valence-corrected chi connectivity index (χ1v) is 4.78. The summed E-state index contributed by atoms with van der Waals surface area (Å²) in [7, 11) is 0. The van der Waals surface area contributed by atoms with Crippen molar-refractivity contribution in [3.8, 4) is 0 Å². The van der Waals surface area contributed by atoms with Gasteiger partial charge in [0.15, 0.2) is 0 Å². The first kappa shape index (κ1) is 6.69. The van der Waals surface area contributed by atoms with E-state index in [4.69, 9.17) is 0 Å². The second kappa shape index (κ2) is 2.94. The van der Waals surface area contributed by atoms with Crippen LogP contribution < -0.4 is 0 Å². The van der Waals surface area contributed by atoms with E-state index in [1.807, 2.05) is 0 Å². The molecule has 0 saturated heterocycles. The van der Waals surface area contributed by atoms with E-state index in [9.17, 15) is 0 Å². The summed E-state index contributed by atoms with van der Waals surface area (Å²) in [5.41, 5.74) is 0. The fourth-order valence-corrected chi connectivity index (χ4v) is 2.47. The summed E-state index contributed by atoms with van der Waals surface area (Å²) >= 11 is 0. The van der Waals surface area contributed by atoms with E-state index in [0.717, 1.165) is 11.8 Å². The Bertz CT molecular complexity index is 79.1. The molecule has 0 aromatic rings. The Balaban J connectivity index is 1.94. The second-order valence-electron chi connectivity index (χ2n) is 3.95. The van der Waals surface area contributed by atoms with Crippen molar-refractivity contribution in [3.05, 3.63) is 6.42 Å². The fraction of sp³-hybridized carbons (Fsp3) is 0.900. The van der Waals surface area contributed by atoms with Gasteiger partial charge in [0, 0.05) is 0 Å². The normalized spacial score (nSPS) is 40.8. The first-order valence-electron chi connectivity index (χ1n) is 4.78. The molecule has 0 aliphatic heterocycles. The highest BCUT2D eigenvalue weighted by Gasteiger charge is 2.22. The minimum atomic E-state index is 1.01. The van der Waals surface area contributed by atoms with E-state index in [1.165, 1.54) is 44.9 Å². The van der Waals surface area contributed by atoms with Gasteiger partial charge in [-0.15, -0.1) is 0 Å². The number of hydrogen-bond donors (Lipinski definition) is 0. The lowest BCUT2D eigenvalue weighted by atomic mass is 9.75. The standard InChI is InChI=1S/C10H17/c1-2-4-10-7-5-9(3-1)6-8-10/h3,9-10H,1-2,4-8H2. The molecule has 0 heterocycles. The van der Waals surface area contributed by atoms with E-state index >= 15 is 0 Å². The summed E-state index contributed by atoms with van der Waals surface area (Å²) in [4.78, 5) is 0. The average molecular weight is 137 g/mol. The van der Waals surface area contributed by atoms with Crippen LogP contribution in [0.4, 0.5) is 0 Å². The predicted molar refractivity (Wildman–Crippen MR) is 43.6 cm³/mol. The van der Waals surface area contributed by atoms with E-state index in [1.54, 1.807) is 0 Å². The molecule has 0 nitrogen and oxygen atoms in total. The molecule has 3 rings (SSSR count). The van der Waals surface area contributed by atoms with Crippen molar-refractivity contribution in [2.75, 3.05) is 0 Å². The molecule has 0 heteroatoms. The molecular weight excluding hydrogens is 120 g/mol. The molecule has 3 fully saturated rings. The minimum absolute atomic E-state index is 1.01. The third kappa shape index (κ3) is 1.36. The Kier molecular flexibility index (Phi) is 1.97. The molecule has 10 heavy (non-hydrogen) atoms. The second-order valence-corrected chi connectivity index (χ2v) is 3.95. The van der Waals surface area contributed by atoms with E-state index in [2.05, 4.69) is 6.42 Å². The average Bonchev–Trinajstić information content (AvgIpc) is 1.89. The van der Waals surface area contributed by atoms with Gasteiger partial charge < -0.3 is 0 Å². The lowest BCUT2D eigenvalue weighted by Gasteiger charge is -2.31. The van der Waals surface area contributed by atoms with E-state index < -0.39 is 0 Å². The van der Waals surface area contributed by atoms with Gasteiger partial charge in [-0.3, -0.25) is 0 Å². The van der Waals surface area contributed by atoms with Gasteiger partial charge >= 0.3 is 0 Å². The molecule has 3 aliphatic carbocycles. The predicted octanol–water partition coefficient (Wildman–Crippen LogP) is 3.18. The Hall–Kier alpha value is 0. The van der Waals surface area contributed by atoms with Crippen LogP contribution in [0.15, 0.2) is 0 Å². The number of fused-ring (bicyclic) bond motifs is 5. The van der Waals surface area contributed by atoms with E-state index in [0.29, 0.717) is 0 Å². The van der Waals surface area contributed by atoms with Crippen molar-refractivity contribution >= 4 is 0 Å². The van der Waals surface area contributed by atoms with Crippen molar-refractivity contribution in [3.63, 3.8) is 0 Å². The van der Waals surface area contributed by atoms with Crippen LogP contribution in [0.2, 0.25) is 0 Å². The molecule has 0 unspecified atom stereocenters. The van der Waals surface area contributed by atoms with Crippen LogP contribution in [0.25, 0.3) is 0 Å². The summed E-state index contributed by atoms with van der Waals surface area (Å²) < 4.78 is 0. The monoisotopic (exact) mass is 137 g/mol. The van der Waals surface area contributed by atoms with Gasteiger partial charge in [0.2, 0.25) is 0 Å². The molecule has 0 aromatic heterocycles. The summed E-state index contributed by atoms with van der Waals surface area (Å²) in [6.07, 6.45) is 13.0. The molecule has 57 valence electrons. The SMILES string of the molecule is [CH]1CCCC2CCC1CC2. The zero-order chi connectivity index (χ0) is 6.81. The maximum atomic E-state index is 2.58. The maximum Gasteiger partial charge on any atom is -0.0355 e. The molecule has 0 atom stereocenters. The van der Waals surface area contributed by atoms with E-state index in [-0.39, 0.29) is 0 Å². The van der Waals surface area contributed by atoms with Gasteiger partial charge in [-0.1, -0.05) is 25.7 Å². The Labute approximate surface area is 64.0 Å². The van der Waals surface area contributed by atoms with Crippen molar-refractivity contribution in [2.24, 2.45) is 11.8 Å².